The average Bonchev–Trinajstić information content (AvgIpc) is 2.93. The van der Waals surface area contributed by atoms with Crippen molar-refractivity contribution in [1.29, 1.82) is 0 Å². The zero-order valence-corrected chi connectivity index (χ0v) is 10.8. The number of aryl methyl sites for hydroxylation is 1. The molecule has 0 spiro atoms. The lowest BCUT2D eigenvalue weighted by molar-refractivity contribution is -0.141. The molecule has 2 rings (SSSR count). The highest BCUT2D eigenvalue weighted by atomic mass is 32.1. The molecule has 98 valence electrons. The fourth-order valence-corrected chi connectivity index (χ4v) is 3.15. The number of aliphatic hydroxyl groups excluding tert-OH is 1. The van der Waals surface area contributed by atoms with E-state index in [1.807, 2.05) is 18.4 Å². The first-order valence-corrected chi connectivity index (χ1v) is 6.70. The third-order valence-electron chi connectivity index (χ3n) is 3.15. The normalized spacial score (nSPS) is 23.3. The minimum atomic E-state index is -1.06. The number of aliphatic hydroxyl groups is 1. The number of thiophene rings is 1. The summed E-state index contributed by atoms with van der Waals surface area (Å²) in [6, 6.07) is 0.958. The van der Waals surface area contributed by atoms with Crippen molar-refractivity contribution in [1.82, 2.24) is 4.90 Å². The van der Waals surface area contributed by atoms with Crippen LogP contribution in [0.2, 0.25) is 0 Å². The van der Waals surface area contributed by atoms with Gasteiger partial charge in [0.25, 0.3) is 5.91 Å². The molecule has 6 heteroatoms. The number of hydrogen-bond acceptors (Lipinski definition) is 4. The van der Waals surface area contributed by atoms with Crippen LogP contribution in [-0.2, 0) is 11.2 Å². The molecule has 0 unspecified atom stereocenters. The third-order valence-corrected chi connectivity index (χ3v) is 4.09. The molecule has 0 bridgehead atoms. The topological polar surface area (TPSA) is 77.8 Å². The standard InChI is InChI=1S/C12H15NO4S/c1-2-7-3-4-18-10(7)11(15)13-6-8(14)5-9(13)12(16)17/h3-4,8-9,14H,2,5-6H2,1H3,(H,16,17)/t8-,9+/m1/s1. The van der Waals surface area contributed by atoms with Gasteiger partial charge >= 0.3 is 5.97 Å². The molecule has 0 aliphatic carbocycles. The number of hydrogen-bond donors (Lipinski definition) is 2. The van der Waals surface area contributed by atoms with Crippen LogP contribution in [0.25, 0.3) is 0 Å². The molecule has 0 saturated carbocycles. The maximum absolute atomic E-state index is 12.3. The summed E-state index contributed by atoms with van der Waals surface area (Å²) < 4.78 is 0. The first kappa shape index (κ1) is 13.0. The monoisotopic (exact) mass is 269 g/mol. The van der Waals surface area contributed by atoms with Crippen LogP contribution < -0.4 is 0 Å². The largest absolute Gasteiger partial charge is 0.480 e. The molecule has 5 nitrogen and oxygen atoms in total. The Morgan fingerprint density at radius 2 is 2.28 bits per heavy atom. The van der Waals surface area contributed by atoms with Crippen LogP contribution in [-0.4, -0.2) is 45.7 Å². The lowest BCUT2D eigenvalue weighted by atomic mass is 10.1. The Labute approximate surface area is 109 Å². The molecular formula is C12H15NO4S. The summed E-state index contributed by atoms with van der Waals surface area (Å²) in [5.41, 5.74) is 0.926. The Kier molecular flexibility index (Phi) is 3.68. The van der Waals surface area contributed by atoms with E-state index in [2.05, 4.69) is 0 Å². The molecule has 2 N–H and O–H groups in total. The van der Waals surface area contributed by atoms with E-state index in [1.54, 1.807) is 0 Å². The maximum atomic E-state index is 12.3. The second-order valence-corrected chi connectivity index (χ2v) is 5.25. The minimum absolute atomic E-state index is 0.0941. The van der Waals surface area contributed by atoms with Crippen LogP contribution in [0.15, 0.2) is 11.4 Å². The summed E-state index contributed by atoms with van der Waals surface area (Å²) >= 11 is 1.32. The number of rotatable bonds is 3. The maximum Gasteiger partial charge on any atom is 0.326 e. The van der Waals surface area contributed by atoms with Crippen molar-refractivity contribution < 1.29 is 19.8 Å². The lowest BCUT2D eigenvalue weighted by Gasteiger charge is -2.20. The van der Waals surface area contributed by atoms with Gasteiger partial charge in [-0.1, -0.05) is 6.92 Å². The summed E-state index contributed by atoms with van der Waals surface area (Å²) in [6.45, 7) is 2.04. The molecule has 1 fully saturated rings. The number of β-amino-alcohol motifs (C(OH)–C–C–N with tert-alkyl or cyclic N) is 1. The molecule has 1 saturated heterocycles. The quantitative estimate of drug-likeness (QED) is 0.857. The predicted molar refractivity (Wildman–Crippen MR) is 66.8 cm³/mol. The van der Waals surface area contributed by atoms with Crippen LogP contribution in [0.4, 0.5) is 0 Å². The zero-order valence-electron chi connectivity index (χ0n) is 10.00. The van der Waals surface area contributed by atoms with E-state index < -0.39 is 18.1 Å². The molecule has 1 aromatic rings. The van der Waals surface area contributed by atoms with Gasteiger partial charge in [0.15, 0.2) is 0 Å². The highest BCUT2D eigenvalue weighted by Gasteiger charge is 2.39. The molecule has 2 atom stereocenters. The average molecular weight is 269 g/mol. The number of amides is 1. The van der Waals surface area contributed by atoms with E-state index in [0.29, 0.717) is 4.88 Å². The minimum Gasteiger partial charge on any atom is -0.480 e. The molecule has 2 heterocycles. The van der Waals surface area contributed by atoms with Gasteiger partial charge in [-0.05, 0) is 23.4 Å². The third kappa shape index (κ3) is 2.26. The molecule has 1 aliphatic heterocycles. The van der Waals surface area contributed by atoms with E-state index in [9.17, 15) is 14.7 Å². The van der Waals surface area contributed by atoms with Gasteiger partial charge in [0, 0.05) is 13.0 Å². The summed E-state index contributed by atoms with van der Waals surface area (Å²) in [6.07, 6.45) is 0.0900. The van der Waals surface area contributed by atoms with Crippen molar-refractivity contribution >= 4 is 23.2 Å². The van der Waals surface area contributed by atoms with Gasteiger partial charge in [-0.15, -0.1) is 11.3 Å². The van der Waals surface area contributed by atoms with Crippen molar-refractivity contribution in [2.45, 2.75) is 31.9 Å². The van der Waals surface area contributed by atoms with Gasteiger partial charge in [-0.2, -0.15) is 0 Å². The molecular weight excluding hydrogens is 254 g/mol. The number of carboxylic acids is 1. The molecule has 1 amide bonds. The number of carbonyl (C=O) groups excluding carboxylic acids is 1. The van der Waals surface area contributed by atoms with E-state index in [-0.39, 0.29) is 18.9 Å². The first-order chi connectivity index (χ1) is 8.54. The Balaban J connectivity index is 2.25. The van der Waals surface area contributed by atoms with Crippen LogP contribution >= 0.6 is 11.3 Å². The number of carboxylic acid groups (broad SMARTS) is 1. The van der Waals surface area contributed by atoms with Crippen LogP contribution in [0, 0.1) is 0 Å². The number of carbonyl (C=O) groups is 2. The predicted octanol–water partition coefficient (Wildman–Crippen LogP) is 0.971. The summed E-state index contributed by atoms with van der Waals surface area (Å²) in [5.74, 6) is -1.35. The van der Waals surface area contributed by atoms with E-state index in [4.69, 9.17) is 5.11 Å². The highest BCUT2D eigenvalue weighted by Crippen LogP contribution is 2.25. The molecule has 18 heavy (non-hydrogen) atoms. The van der Waals surface area contributed by atoms with Gasteiger partial charge in [0.05, 0.1) is 11.0 Å². The van der Waals surface area contributed by atoms with Crippen LogP contribution in [0.5, 0.6) is 0 Å². The van der Waals surface area contributed by atoms with Crippen molar-refractivity contribution in [2.75, 3.05) is 6.54 Å². The van der Waals surface area contributed by atoms with E-state index >= 15 is 0 Å². The van der Waals surface area contributed by atoms with E-state index in [1.165, 1.54) is 16.2 Å². The fraction of sp³-hybridized carbons (Fsp3) is 0.500. The van der Waals surface area contributed by atoms with Crippen molar-refractivity contribution in [3.05, 3.63) is 21.9 Å². The SMILES string of the molecule is CCc1ccsc1C(=O)N1C[C@H](O)C[C@H]1C(=O)O. The van der Waals surface area contributed by atoms with E-state index in [0.717, 1.165) is 12.0 Å². The smallest absolute Gasteiger partial charge is 0.326 e. The Morgan fingerprint density at radius 1 is 1.56 bits per heavy atom. The van der Waals surface area contributed by atoms with Crippen LogP contribution in [0.3, 0.4) is 0 Å². The highest BCUT2D eigenvalue weighted by molar-refractivity contribution is 7.12. The molecule has 1 aromatic heterocycles. The van der Waals surface area contributed by atoms with Gasteiger partial charge < -0.3 is 15.1 Å². The zero-order chi connectivity index (χ0) is 13.3. The van der Waals surface area contributed by atoms with Gasteiger partial charge in [0.1, 0.15) is 6.04 Å². The fourth-order valence-electron chi connectivity index (χ4n) is 2.20. The second kappa shape index (κ2) is 5.07. The van der Waals surface area contributed by atoms with Crippen molar-refractivity contribution in [3.63, 3.8) is 0 Å². The Morgan fingerprint density at radius 3 is 2.89 bits per heavy atom. The summed E-state index contributed by atoms with van der Waals surface area (Å²) in [4.78, 5) is 25.2. The van der Waals surface area contributed by atoms with Crippen molar-refractivity contribution in [3.8, 4) is 0 Å². The molecule has 0 aromatic carbocycles. The number of aliphatic carboxylic acids is 1. The Bertz CT molecular complexity index is 470. The van der Waals surface area contributed by atoms with Gasteiger partial charge in [-0.3, -0.25) is 4.79 Å². The number of nitrogens with zero attached hydrogens (tertiary/aromatic N) is 1. The van der Waals surface area contributed by atoms with Gasteiger partial charge in [0.2, 0.25) is 0 Å². The van der Waals surface area contributed by atoms with Crippen molar-refractivity contribution in [2.24, 2.45) is 0 Å². The van der Waals surface area contributed by atoms with Crippen LogP contribution in [0.1, 0.15) is 28.6 Å². The Hall–Kier alpha value is -1.40. The lowest BCUT2D eigenvalue weighted by Crippen LogP contribution is -2.40. The van der Waals surface area contributed by atoms with Gasteiger partial charge in [-0.25, -0.2) is 4.79 Å². The summed E-state index contributed by atoms with van der Waals surface area (Å²) in [7, 11) is 0. The summed E-state index contributed by atoms with van der Waals surface area (Å²) in [5, 5.41) is 20.4. The first-order valence-electron chi connectivity index (χ1n) is 5.82. The second-order valence-electron chi connectivity index (χ2n) is 4.33. The number of likely N-dealkylation sites (tertiary alicyclic amines) is 1. The molecule has 0 radical (unpaired) electrons. The molecule has 1 aliphatic rings.